The molecule has 1 heterocycles. The molecule has 5 aromatic rings. The first-order valence-corrected chi connectivity index (χ1v) is 11.1. The zero-order chi connectivity index (χ0) is 23.5. The minimum absolute atomic E-state index is 0.647. The van der Waals surface area contributed by atoms with Crippen molar-refractivity contribution in [2.75, 3.05) is 0 Å². The molecule has 5 aromatic carbocycles. The number of hydrogen-bond donors (Lipinski definition) is 0. The summed E-state index contributed by atoms with van der Waals surface area (Å²) in [5, 5.41) is 0. The van der Waals surface area contributed by atoms with Crippen molar-refractivity contribution < 1.29 is 23.7 Å². The Kier molecular flexibility index (Phi) is 5.41. The number of fused-ring (bicyclic) bond motifs is 10. The summed E-state index contributed by atoms with van der Waals surface area (Å²) in [6, 6.07) is 37.3. The fourth-order valence-corrected chi connectivity index (χ4v) is 3.69. The van der Waals surface area contributed by atoms with Crippen LogP contribution in [0.2, 0.25) is 0 Å². The Labute approximate surface area is 202 Å². The first-order chi connectivity index (χ1) is 17.2. The van der Waals surface area contributed by atoms with E-state index >= 15 is 0 Å². The summed E-state index contributed by atoms with van der Waals surface area (Å²) in [5.74, 6) is 6.47. The van der Waals surface area contributed by atoms with Crippen LogP contribution in [0.15, 0.2) is 121 Å². The molecule has 5 nitrogen and oxygen atoms in total. The second-order valence-electron chi connectivity index (χ2n) is 7.88. The molecule has 0 aliphatic carbocycles. The average molecular weight is 460 g/mol. The van der Waals surface area contributed by atoms with Gasteiger partial charge in [-0.2, -0.15) is 0 Å². The third-order valence-corrected chi connectivity index (χ3v) is 5.21. The molecule has 0 unspecified atom stereocenters. The van der Waals surface area contributed by atoms with Crippen LogP contribution < -0.4 is 23.7 Å². The van der Waals surface area contributed by atoms with E-state index in [1.54, 1.807) is 0 Å². The second kappa shape index (κ2) is 9.15. The van der Waals surface area contributed by atoms with Gasteiger partial charge in [0.05, 0.1) is 0 Å². The Bertz CT molecular complexity index is 1140. The maximum atomic E-state index is 6.07. The average Bonchev–Trinajstić information content (AvgIpc) is 2.85. The summed E-state index contributed by atoms with van der Waals surface area (Å²) < 4.78 is 30.3. The third-order valence-electron chi connectivity index (χ3n) is 5.21. The summed E-state index contributed by atoms with van der Waals surface area (Å²) in [6.07, 6.45) is 0. The molecule has 1 aliphatic rings. The van der Waals surface area contributed by atoms with E-state index in [1.807, 2.05) is 121 Å². The Hall–Kier alpha value is -4.90. The van der Waals surface area contributed by atoms with E-state index in [4.69, 9.17) is 23.7 Å². The van der Waals surface area contributed by atoms with Gasteiger partial charge in [0.1, 0.15) is 57.5 Å². The fraction of sp³-hybridized carbons (Fsp3) is 0. The molecule has 0 amide bonds. The lowest BCUT2D eigenvalue weighted by Gasteiger charge is -2.13. The topological polar surface area (TPSA) is 46.2 Å². The molecule has 0 radical (unpaired) electrons. The Morgan fingerprint density at radius 1 is 0.229 bits per heavy atom. The maximum absolute atomic E-state index is 6.07. The van der Waals surface area contributed by atoms with Crippen LogP contribution in [-0.4, -0.2) is 0 Å². The van der Waals surface area contributed by atoms with Crippen LogP contribution in [-0.2, 0) is 0 Å². The molecule has 0 saturated carbocycles. The van der Waals surface area contributed by atoms with Gasteiger partial charge in [-0.25, -0.2) is 0 Å². The maximum Gasteiger partial charge on any atom is 0.131 e. The summed E-state index contributed by atoms with van der Waals surface area (Å²) in [5.41, 5.74) is 0. The largest absolute Gasteiger partial charge is 0.457 e. The van der Waals surface area contributed by atoms with Gasteiger partial charge in [0, 0.05) is 30.3 Å². The zero-order valence-corrected chi connectivity index (χ0v) is 18.6. The predicted molar refractivity (Wildman–Crippen MR) is 133 cm³/mol. The van der Waals surface area contributed by atoms with Crippen LogP contribution >= 0.6 is 0 Å². The van der Waals surface area contributed by atoms with Crippen molar-refractivity contribution in [3.05, 3.63) is 121 Å². The number of benzene rings is 5. The highest BCUT2D eigenvalue weighted by atomic mass is 16.5. The summed E-state index contributed by atoms with van der Waals surface area (Å²) >= 11 is 0. The lowest BCUT2D eigenvalue weighted by Crippen LogP contribution is -1.91. The quantitative estimate of drug-likeness (QED) is 0.226. The Morgan fingerprint density at radius 2 is 0.371 bits per heavy atom. The molecule has 10 bridgehead atoms. The highest BCUT2D eigenvalue weighted by Gasteiger charge is 2.08. The van der Waals surface area contributed by atoms with E-state index in [-0.39, 0.29) is 0 Å². The second-order valence-corrected chi connectivity index (χ2v) is 7.88. The standard InChI is InChI=1S/C30H20O5/c1-6-21-16-22(7-1)32-24-9-3-11-26(18-24)34-28-13-5-15-30(20-28)35-29-14-4-12-27(19-29)33-25-10-2-8-23(17-25)31-21/h1-20H. The molecule has 0 N–H and O–H groups in total. The minimum atomic E-state index is 0.647. The van der Waals surface area contributed by atoms with E-state index in [0.29, 0.717) is 57.5 Å². The molecule has 0 aromatic heterocycles. The molecule has 0 spiro atoms. The van der Waals surface area contributed by atoms with Gasteiger partial charge < -0.3 is 23.7 Å². The summed E-state index contributed by atoms with van der Waals surface area (Å²) in [4.78, 5) is 0. The number of ether oxygens (including phenoxy) is 5. The molecule has 1 aliphatic heterocycles. The smallest absolute Gasteiger partial charge is 0.131 e. The Morgan fingerprint density at radius 3 is 0.514 bits per heavy atom. The molecular formula is C30H20O5. The molecule has 5 heteroatoms. The van der Waals surface area contributed by atoms with E-state index < -0.39 is 0 Å². The van der Waals surface area contributed by atoms with E-state index in [0.717, 1.165) is 0 Å². The summed E-state index contributed by atoms with van der Waals surface area (Å²) in [7, 11) is 0. The van der Waals surface area contributed by atoms with Gasteiger partial charge in [-0.05, 0) is 60.7 Å². The summed E-state index contributed by atoms with van der Waals surface area (Å²) in [6.45, 7) is 0. The molecule has 0 fully saturated rings. The molecule has 170 valence electrons. The molecular weight excluding hydrogens is 440 g/mol. The van der Waals surface area contributed by atoms with Crippen molar-refractivity contribution in [3.8, 4) is 57.5 Å². The third kappa shape index (κ3) is 5.04. The zero-order valence-electron chi connectivity index (χ0n) is 18.6. The number of rotatable bonds is 0. The van der Waals surface area contributed by atoms with Crippen LogP contribution in [0.1, 0.15) is 0 Å². The fourth-order valence-electron chi connectivity index (χ4n) is 3.69. The van der Waals surface area contributed by atoms with Gasteiger partial charge in [0.2, 0.25) is 0 Å². The first-order valence-electron chi connectivity index (χ1n) is 11.1. The molecule has 0 atom stereocenters. The monoisotopic (exact) mass is 460 g/mol. The van der Waals surface area contributed by atoms with Crippen LogP contribution in [0.5, 0.6) is 57.5 Å². The van der Waals surface area contributed by atoms with Crippen molar-refractivity contribution >= 4 is 0 Å². The van der Waals surface area contributed by atoms with E-state index in [2.05, 4.69) is 0 Å². The van der Waals surface area contributed by atoms with E-state index in [1.165, 1.54) is 0 Å². The first kappa shape index (κ1) is 20.7. The predicted octanol–water partition coefficient (Wildman–Crippen LogP) is 8.96. The van der Waals surface area contributed by atoms with E-state index in [9.17, 15) is 0 Å². The van der Waals surface area contributed by atoms with Gasteiger partial charge in [-0.1, -0.05) is 30.3 Å². The SMILES string of the molecule is c1cc2cc(c1)Oc1cccc(c1)Oc1cccc(c1)Oc1cccc(c1)Oc1cccc(c1)O2. The van der Waals surface area contributed by atoms with Crippen molar-refractivity contribution in [2.45, 2.75) is 0 Å². The molecule has 0 saturated heterocycles. The van der Waals surface area contributed by atoms with Crippen LogP contribution in [0.25, 0.3) is 0 Å². The van der Waals surface area contributed by atoms with Crippen LogP contribution in [0.3, 0.4) is 0 Å². The van der Waals surface area contributed by atoms with Crippen molar-refractivity contribution in [2.24, 2.45) is 0 Å². The normalized spacial score (nSPS) is 12.0. The van der Waals surface area contributed by atoms with Crippen molar-refractivity contribution in [1.29, 1.82) is 0 Å². The van der Waals surface area contributed by atoms with Gasteiger partial charge in [0.15, 0.2) is 0 Å². The van der Waals surface area contributed by atoms with Gasteiger partial charge in [0.25, 0.3) is 0 Å². The van der Waals surface area contributed by atoms with Crippen LogP contribution in [0.4, 0.5) is 0 Å². The highest BCUT2D eigenvalue weighted by Crippen LogP contribution is 2.35. The number of hydrogen-bond acceptors (Lipinski definition) is 5. The Balaban J connectivity index is 1.41. The van der Waals surface area contributed by atoms with Crippen LogP contribution in [0, 0.1) is 0 Å². The lowest BCUT2D eigenvalue weighted by atomic mass is 10.2. The van der Waals surface area contributed by atoms with Crippen molar-refractivity contribution in [1.82, 2.24) is 0 Å². The van der Waals surface area contributed by atoms with Gasteiger partial charge in [-0.3, -0.25) is 0 Å². The van der Waals surface area contributed by atoms with Gasteiger partial charge in [-0.15, -0.1) is 0 Å². The highest BCUT2D eigenvalue weighted by molar-refractivity contribution is 5.46. The molecule has 35 heavy (non-hydrogen) atoms. The van der Waals surface area contributed by atoms with Crippen molar-refractivity contribution in [3.63, 3.8) is 0 Å². The minimum Gasteiger partial charge on any atom is -0.457 e. The molecule has 6 rings (SSSR count). The lowest BCUT2D eigenvalue weighted by molar-refractivity contribution is 0.439. The van der Waals surface area contributed by atoms with Gasteiger partial charge >= 0.3 is 0 Å².